The third-order valence-electron chi connectivity index (χ3n) is 7.33. The van der Waals surface area contributed by atoms with Crippen LogP contribution in [0.25, 0.3) is 0 Å². The molecule has 1 amide bonds. The van der Waals surface area contributed by atoms with E-state index >= 15 is 0 Å². The van der Waals surface area contributed by atoms with E-state index in [1.165, 1.54) is 6.42 Å². The number of carbonyl (C=O) groups is 2. The van der Waals surface area contributed by atoms with E-state index in [0.29, 0.717) is 6.42 Å². The lowest BCUT2D eigenvalue weighted by atomic mass is 9.82. The van der Waals surface area contributed by atoms with Gasteiger partial charge in [0.25, 0.3) is 0 Å². The molecule has 0 spiro atoms. The van der Waals surface area contributed by atoms with Crippen molar-refractivity contribution in [2.24, 2.45) is 0 Å². The summed E-state index contributed by atoms with van der Waals surface area (Å²) in [5, 5.41) is 3.24. The molecule has 1 N–H and O–H groups in total. The molecular formula is C25H39N3O3. The largest absolute Gasteiger partial charge is 0.461 e. The maximum atomic E-state index is 13.5. The summed E-state index contributed by atoms with van der Waals surface area (Å²) in [7, 11) is 4.01. The van der Waals surface area contributed by atoms with Crippen molar-refractivity contribution < 1.29 is 14.3 Å². The quantitative estimate of drug-likeness (QED) is 0.695. The first kappa shape index (κ1) is 23.7. The molecule has 1 saturated heterocycles. The maximum Gasteiger partial charge on any atom is 0.305 e. The Labute approximate surface area is 187 Å². The summed E-state index contributed by atoms with van der Waals surface area (Å²) in [6.45, 7) is 7.59. The molecule has 0 radical (unpaired) electrons. The minimum absolute atomic E-state index is 0.0171. The van der Waals surface area contributed by atoms with Gasteiger partial charge in [0, 0.05) is 31.2 Å². The highest BCUT2D eigenvalue weighted by Crippen LogP contribution is 2.34. The predicted molar refractivity (Wildman–Crippen MR) is 124 cm³/mol. The molecule has 1 aromatic carbocycles. The second-order valence-corrected chi connectivity index (χ2v) is 9.42. The number of ether oxygens (including phenoxy) is 1. The molecule has 0 unspecified atom stereocenters. The summed E-state index contributed by atoms with van der Waals surface area (Å²) < 4.78 is 5.79. The Bertz CT molecular complexity index is 764. The number of nitrogens with one attached hydrogen (secondary N) is 1. The van der Waals surface area contributed by atoms with Gasteiger partial charge in [0.1, 0.15) is 11.6 Å². The lowest BCUT2D eigenvalue weighted by Gasteiger charge is -2.48. The predicted octanol–water partition coefficient (Wildman–Crippen LogP) is 3.90. The minimum atomic E-state index is -0.532. The number of likely N-dealkylation sites (N-methyl/N-ethyl adjacent to an activating group) is 1. The summed E-state index contributed by atoms with van der Waals surface area (Å²) in [4.78, 5) is 30.0. The van der Waals surface area contributed by atoms with Crippen molar-refractivity contribution in [1.82, 2.24) is 9.80 Å². The zero-order valence-electron chi connectivity index (χ0n) is 19.9. The van der Waals surface area contributed by atoms with E-state index < -0.39 is 5.54 Å². The van der Waals surface area contributed by atoms with Crippen LogP contribution in [0.2, 0.25) is 0 Å². The van der Waals surface area contributed by atoms with Gasteiger partial charge in [-0.1, -0.05) is 31.5 Å². The van der Waals surface area contributed by atoms with E-state index in [9.17, 15) is 9.59 Å². The van der Waals surface area contributed by atoms with Crippen LogP contribution in [0, 0.1) is 13.8 Å². The van der Waals surface area contributed by atoms with Crippen molar-refractivity contribution in [3.05, 3.63) is 29.3 Å². The molecule has 2 aliphatic rings. The van der Waals surface area contributed by atoms with Gasteiger partial charge in [0.05, 0.1) is 0 Å². The molecule has 0 bridgehead atoms. The first-order valence-corrected chi connectivity index (χ1v) is 11.8. The van der Waals surface area contributed by atoms with Gasteiger partial charge in [-0.2, -0.15) is 0 Å². The van der Waals surface area contributed by atoms with Crippen molar-refractivity contribution in [3.8, 4) is 0 Å². The van der Waals surface area contributed by atoms with Gasteiger partial charge < -0.3 is 10.1 Å². The average Bonchev–Trinajstić information content (AvgIpc) is 2.76. The monoisotopic (exact) mass is 429 g/mol. The fourth-order valence-electron chi connectivity index (χ4n) is 5.23. The van der Waals surface area contributed by atoms with E-state index in [-0.39, 0.29) is 24.0 Å². The summed E-state index contributed by atoms with van der Waals surface area (Å²) in [6.07, 6.45) is 6.23. The smallest absolute Gasteiger partial charge is 0.305 e. The lowest BCUT2D eigenvalue weighted by Crippen LogP contribution is -2.62. The van der Waals surface area contributed by atoms with Gasteiger partial charge in [0.15, 0.2) is 0 Å². The highest BCUT2D eigenvalue weighted by Gasteiger charge is 2.46. The Morgan fingerprint density at radius 3 is 2.32 bits per heavy atom. The molecule has 1 saturated carbocycles. The zero-order valence-corrected chi connectivity index (χ0v) is 19.9. The molecule has 1 aromatic rings. The Morgan fingerprint density at radius 1 is 1.13 bits per heavy atom. The van der Waals surface area contributed by atoms with Crippen LogP contribution >= 0.6 is 0 Å². The second-order valence-electron chi connectivity index (χ2n) is 9.42. The van der Waals surface area contributed by atoms with Gasteiger partial charge in [-0.05, 0) is 71.2 Å². The fraction of sp³-hybridized carbons (Fsp3) is 0.680. The van der Waals surface area contributed by atoms with Gasteiger partial charge >= 0.3 is 5.97 Å². The van der Waals surface area contributed by atoms with Crippen LogP contribution in [0.4, 0.5) is 5.69 Å². The number of hydrogen-bond donors (Lipinski definition) is 1. The van der Waals surface area contributed by atoms with Crippen molar-refractivity contribution in [3.63, 3.8) is 0 Å². The third-order valence-corrected chi connectivity index (χ3v) is 7.33. The molecule has 2 fully saturated rings. The zero-order chi connectivity index (χ0) is 22.6. The van der Waals surface area contributed by atoms with Crippen LogP contribution in [-0.2, 0) is 14.3 Å². The molecule has 1 aliphatic heterocycles. The van der Waals surface area contributed by atoms with Crippen molar-refractivity contribution >= 4 is 17.6 Å². The van der Waals surface area contributed by atoms with Gasteiger partial charge in [-0.25, -0.2) is 0 Å². The number of hydrogen-bond acceptors (Lipinski definition) is 5. The number of para-hydroxylation sites is 1. The van der Waals surface area contributed by atoms with E-state index in [1.54, 1.807) is 0 Å². The van der Waals surface area contributed by atoms with Gasteiger partial charge in [0.2, 0.25) is 5.91 Å². The Kier molecular flexibility index (Phi) is 7.76. The number of piperidine rings is 1. The van der Waals surface area contributed by atoms with Crippen molar-refractivity contribution in [2.45, 2.75) is 83.4 Å². The topological polar surface area (TPSA) is 61.9 Å². The highest BCUT2D eigenvalue weighted by atomic mass is 16.5. The molecule has 2 atom stereocenters. The molecule has 6 nitrogen and oxygen atoms in total. The SMILES string of the molecule is CCC(=O)O[C@@H]1CCCC[C@H]1N1CCC(C(=O)Nc2c(C)cccc2C)(N(C)C)CC1. The number of rotatable bonds is 6. The molecule has 6 heteroatoms. The van der Waals surface area contributed by atoms with Crippen LogP contribution in [0.5, 0.6) is 0 Å². The number of aryl methyl sites for hydroxylation is 2. The number of likely N-dealkylation sites (tertiary alicyclic amines) is 1. The normalized spacial score (nSPS) is 24.1. The van der Waals surface area contributed by atoms with Crippen LogP contribution in [0.3, 0.4) is 0 Å². The van der Waals surface area contributed by atoms with E-state index in [1.807, 2.05) is 53.1 Å². The molecular weight excluding hydrogens is 390 g/mol. The highest BCUT2D eigenvalue weighted by molar-refractivity contribution is 5.99. The molecule has 1 aliphatic carbocycles. The molecule has 0 aromatic heterocycles. The van der Waals surface area contributed by atoms with E-state index in [4.69, 9.17) is 4.74 Å². The number of amides is 1. The van der Waals surface area contributed by atoms with Crippen LogP contribution in [0.15, 0.2) is 18.2 Å². The third kappa shape index (κ3) is 5.12. The Hall–Kier alpha value is -1.92. The first-order chi connectivity index (χ1) is 14.8. The Morgan fingerprint density at radius 2 is 1.74 bits per heavy atom. The molecule has 1 heterocycles. The maximum absolute atomic E-state index is 13.5. The summed E-state index contributed by atoms with van der Waals surface area (Å²) in [6, 6.07) is 6.36. The van der Waals surface area contributed by atoms with Gasteiger partial charge in [-0.15, -0.1) is 0 Å². The number of benzene rings is 1. The van der Waals surface area contributed by atoms with E-state index in [2.05, 4.69) is 15.1 Å². The first-order valence-electron chi connectivity index (χ1n) is 11.8. The van der Waals surface area contributed by atoms with Crippen LogP contribution < -0.4 is 5.32 Å². The second kappa shape index (κ2) is 10.1. The average molecular weight is 430 g/mol. The van der Waals surface area contributed by atoms with Crippen molar-refractivity contribution in [1.29, 1.82) is 0 Å². The summed E-state index contributed by atoms with van der Waals surface area (Å²) >= 11 is 0. The van der Waals surface area contributed by atoms with Crippen LogP contribution in [-0.4, -0.2) is 66.5 Å². The van der Waals surface area contributed by atoms with Crippen LogP contribution in [0.1, 0.15) is 63.0 Å². The number of esters is 1. The van der Waals surface area contributed by atoms with Gasteiger partial charge in [-0.3, -0.25) is 19.4 Å². The molecule has 31 heavy (non-hydrogen) atoms. The molecule has 3 rings (SSSR count). The fourth-order valence-corrected chi connectivity index (χ4v) is 5.23. The Balaban J connectivity index is 1.71. The molecule has 172 valence electrons. The number of anilines is 1. The number of carbonyl (C=O) groups excluding carboxylic acids is 2. The van der Waals surface area contributed by atoms with E-state index in [0.717, 1.165) is 62.0 Å². The summed E-state index contributed by atoms with van der Waals surface area (Å²) in [5.41, 5.74) is 2.56. The minimum Gasteiger partial charge on any atom is -0.461 e. The lowest BCUT2D eigenvalue weighted by molar-refractivity contribution is -0.155. The van der Waals surface area contributed by atoms with Crippen molar-refractivity contribution in [2.75, 3.05) is 32.5 Å². The standard InChI is InChI=1S/C25H39N3O3/c1-6-22(29)31-21-13-8-7-12-20(21)28-16-14-25(15-17-28,27(4)5)24(30)26-23-18(2)10-9-11-19(23)3/h9-11,20-21H,6-8,12-17H2,1-5H3,(H,26,30)/t20-,21-/m1/s1. The summed E-state index contributed by atoms with van der Waals surface area (Å²) in [5.74, 6) is -0.0309. The number of nitrogens with zero attached hydrogens (tertiary/aromatic N) is 2.